The Morgan fingerprint density at radius 3 is 2.00 bits per heavy atom. The molecule has 0 unspecified atom stereocenters. The zero-order valence-corrected chi connectivity index (χ0v) is 18.4. The molecule has 2 saturated carbocycles. The van der Waals surface area contributed by atoms with Gasteiger partial charge in [0.25, 0.3) is 0 Å². The molecule has 2 N–H and O–H groups in total. The molecule has 2 aromatic rings. The monoisotopic (exact) mass is 434 g/mol. The molecule has 0 aliphatic heterocycles. The summed E-state index contributed by atoms with van der Waals surface area (Å²) in [7, 11) is 1.37. The summed E-state index contributed by atoms with van der Waals surface area (Å²) in [6.07, 6.45) is 6.76. The van der Waals surface area contributed by atoms with Crippen LogP contribution in [-0.4, -0.2) is 30.9 Å². The van der Waals surface area contributed by atoms with Crippen molar-refractivity contribution in [3.63, 3.8) is 0 Å². The lowest BCUT2D eigenvalue weighted by Crippen LogP contribution is -2.36. The van der Waals surface area contributed by atoms with Crippen molar-refractivity contribution < 1.29 is 19.1 Å². The number of benzene rings is 2. The number of carbonyl (C=O) groups is 3. The van der Waals surface area contributed by atoms with Crippen molar-refractivity contribution in [3.8, 4) is 11.1 Å². The first-order valence-electron chi connectivity index (χ1n) is 11.4. The van der Waals surface area contributed by atoms with Crippen LogP contribution in [0.1, 0.15) is 55.3 Å². The van der Waals surface area contributed by atoms with Crippen molar-refractivity contribution in [1.82, 2.24) is 5.32 Å². The number of ether oxygens (including phenoxy) is 1. The molecule has 2 atom stereocenters. The molecule has 0 aromatic heterocycles. The maximum absolute atomic E-state index is 12.9. The molecule has 0 radical (unpaired) electrons. The van der Waals surface area contributed by atoms with Crippen LogP contribution >= 0.6 is 0 Å². The van der Waals surface area contributed by atoms with E-state index in [1.807, 2.05) is 48.5 Å². The van der Waals surface area contributed by atoms with Crippen molar-refractivity contribution in [2.24, 2.45) is 11.8 Å². The van der Waals surface area contributed by atoms with Crippen LogP contribution < -0.4 is 10.6 Å². The van der Waals surface area contributed by atoms with Crippen molar-refractivity contribution in [2.75, 3.05) is 12.4 Å². The van der Waals surface area contributed by atoms with E-state index in [1.54, 1.807) is 0 Å². The molecular weight excluding hydrogens is 404 g/mol. The van der Waals surface area contributed by atoms with Gasteiger partial charge in [0, 0.05) is 23.2 Å². The van der Waals surface area contributed by atoms with E-state index in [0.717, 1.165) is 42.5 Å². The molecule has 0 saturated heterocycles. The summed E-state index contributed by atoms with van der Waals surface area (Å²) in [5.74, 6) is -0.910. The average molecular weight is 435 g/mol. The number of rotatable bonds is 6. The fourth-order valence-electron chi connectivity index (χ4n) is 4.92. The first kappa shape index (κ1) is 22.1. The molecule has 6 heteroatoms. The lowest BCUT2D eigenvalue weighted by Gasteiger charge is -2.16. The lowest BCUT2D eigenvalue weighted by molar-refractivity contribution is -0.146. The van der Waals surface area contributed by atoms with E-state index < -0.39 is 0 Å². The Labute approximate surface area is 188 Å². The molecule has 0 heterocycles. The predicted octanol–water partition coefficient (Wildman–Crippen LogP) is 5.19. The predicted molar refractivity (Wildman–Crippen MR) is 123 cm³/mol. The minimum Gasteiger partial charge on any atom is -0.469 e. The Morgan fingerprint density at radius 1 is 0.781 bits per heavy atom. The quantitative estimate of drug-likeness (QED) is 0.484. The van der Waals surface area contributed by atoms with E-state index in [4.69, 9.17) is 4.74 Å². The maximum Gasteiger partial charge on any atom is 0.319 e. The van der Waals surface area contributed by atoms with Gasteiger partial charge in [0.05, 0.1) is 13.0 Å². The molecule has 4 rings (SSSR count). The molecule has 32 heavy (non-hydrogen) atoms. The third-order valence-electron chi connectivity index (χ3n) is 6.69. The van der Waals surface area contributed by atoms with Gasteiger partial charge < -0.3 is 15.4 Å². The van der Waals surface area contributed by atoms with E-state index in [0.29, 0.717) is 12.0 Å². The van der Waals surface area contributed by atoms with Gasteiger partial charge in [-0.15, -0.1) is 0 Å². The van der Waals surface area contributed by atoms with Crippen LogP contribution in [0.4, 0.5) is 10.5 Å². The Hall–Kier alpha value is -3.15. The minimum atomic E-state index is -0.335. The van der Waals surface area contributed by atoms with Gasteiger partial charge in [-0.3, -0.25) is 9.59 Å². The Balaban J connectivity index is 1.37. The van der Waals surface area contributed by atoms with Crippen LogP contribution in [0.25, 0.3) is 11.1 Å². The molecule has 2 fully saturated rings. The fraction of sp³-hybridized carbons (Fsp3) is 0.423. The van der Waals surface area contributed by atoms with Crippen LogP contribution in [0.3, 0.4) is 0 Å². The van der Waals surface area contributed by atoms with E-state index >= 15 is 0 Å². The summed E-state index contributed by atoms with van der Waals surface area (Å²) in [4.78, 5) is 37.1. The van der Waals surface area contributed by atoms with Gasteiger partial charge in [0.2, 0.25) is 0 Å². The fourth-order valence-corrected chi connectivity index (χ4v) is 4.92. The minimum absolute atomic E-state index is 0.0114. The Morgan fingerprint density at radius 2 is 1.38 bits per heavy atom. The number of methoxy groups -OCH3 is 1. The number of nitrogens with one attached hydrogen (secondary N) is 2. The van der Waals surface area contributed by atoms with Crippen molar-refractivity contribution in [1.29, 1.82) is 0 Å². The molecule has 2 amide bonds. The summed E-state index contributed by atoms with van der Waals surface area (Å²) in [5.41, 5.74) is 3.35. The standard InChI is InChI=1S/C26H30N2O4/c1-32-25(30)23-8-4-7-22(23)24(29)19-11-9-17(10-12-19)18-13-15-21(16-14-18)28-26(31)27-20-5-2-3-6-20/h9-16,20,22-23H,2-8H2,1H3,(H2,27,28,31)/t22-,23-/m1/s1. The number of hydrogen-bond acceptors (Lipinski definition) is 4. The molecule has 0 bridgehead atoms. The van der Waals surface area contributed by atoms with E-state index in [9.17, 15) is 14.4 Å². The van der Waals surface area contributed by atoms with Gasteiger partial charge in [-0.25, -0.2) is 4.79 Å². The molecule has 6 nitrogen and oxygen atoms in total. The Bertz CT molecular complexity index is 962. The lowest BCUT2D eigenvalue weighted by atomic mass is 9.88. The number of hydrogen-bond donors (Lipinski definition) is 2. The highest BCUT2D eigenvalue weighted by Crippen LogP contribution is 2.35. The number of Topliss-reactive ketones (excluding diaryl/α,β-unsaturated/α-hetero) is 1. The van der Waals surface area contributed by atoms with Crippen LogP contribution in [0.5, 0.6) is 0 Å². The average Bonchev–Trinajstić information content (AvgIpc) is 3.51. The van der Waals surface area contributed by atoms with Crippen molar-refractivity contribution >= 4 is 23.5 Å². The molecular formula is C26H30N2O4. The van der Waals surface area contributed by atoms with Crippen molar-refractivity contribution in [3.05, 3.63) is 54.1 Å². The largest absolute Gasteiger partial charge is 0.469 e. The van der Waals surface area contributed by atoms with Crippen molar-refractivity contribution in [2.45, 2.75) is 51.0 Å². The summed E-state index contributed by atoms with van der Waals surface area (Å²) in [6.45, 7) is 0. The number of carbonyl (C=O) groups excluding carboxylic acids is 3. The molecule has 168 valence electrons. The van der Waals surface area contributed by atoms with Crippen LogP contribution in [0, 0.1) is 11.8 Å². The molecule has 2 aliphatic carbocycles. The zero-order chi connectivity index (χ0) is 22.5. The Kier molecular flexibility index (Phi) is 6.88. The normalized spacial score (nSPS) is 20.7. The van der Waals surface area contributed by atoms with Gasteiger partial charge in [-0.1, -0.05) is 55.7 Å². The smallest absolute Gasteiger partial charge is 0.319 e. The first-order chi connectivity index (χ1) is 15.5. The van der Waals surface area contributed by atoms with Gasteiger partial charge in [0.15, 0.2) is 5.78 Å². The maximum atomic E-state index is 12.9. The van der Waals surface area contributed by atoms with Crippen LogP contribution in [-0.2, 0) is 9.53 Å². The number of amides is 2. The van der Waals surface area contributed by atoms with E-state index in [1.165, 1.54) is 20.0 Å². The van der Waals surface area contributed by atoms with Gasteiger partial charge in [-0.2, -0.15) is 0 Å². The number of anilines is 1. The molecule has 2 aromatic carbocycles. The number of esters is 1. The topological polar surface area (TPSA) is 84.5 Å². The second kappa shape index (κ2) is 9.98. The third kappa shape index (κ3) is 5.01. The van der Waals surface area contributed by atoms with Gasteiger partial charge >= 0.3 is 12.0 Å². The summed E-state index contributed by atoms with van der Waals surface area (Å²) in [6, 6.07) is 15.3. The molecule has 0 spiro atoms. The highest BCUT2D eigenvalue weighted by molar-refractivity contribution is 6.00. The van der Waals surface area contributed by atoms with Gasteiger partial charge in [-0.05, 0) is 48.9 Å². The number of urea groups is 1. The summed E-state index contributed by atoms with van der Waals surface area (Å²) in [5, 5.41) is 5.90. The highest BCUT2D eigenvalue weighted by atomic mass is 16.5. The second-order valence-electron chi connectivity index (χ2n) is 8.77. The van der Waals surface area contributed by atoms with Gasteiger partial charge in [0.1, 0.15) is 0 Å². The first-order valence-corrected chi connectivity index (χ1v) is 11.4. The number of ketones is 1. The van der Waals surface area contributed by atoms with E-state index in [2.05, 4.69) is 10.6 Å². The highest BCUT2D eigenvalue weighted by Gasteiger charge is 2.38. The van der Waals surface area contributed by atoms with Crippen LogP contribution in [0.15, 0.2) is 48.5 Å². The molecule has 2 aliphatic rings. The second-order valence-corrected chi connectivity index (χ2v) is 8.77. The zero-order valence-electron chi connectivity index (χ0n) is 18.4. The third-order valence-corrected chi connectivity index (χ3v) is 6.69. The SMILES string of the molecule is COC(=O)[C@@H]1CCC[C@H]1C(=O)c1ccc(-c2ccc(NC(=O)NC3CCCC3)cc2)cc1. The van der Waals surface area contributed by atoms with E-state index in [-0.39, 0.29) is 35.7 Å². The summed E-state index contributed by atoms with van der Waals surface area (Å²) >= 11 is 0. The summed E-state index contributed by atoms with van der Waals surface area (Å²) < 4.78 is 4.87. The van der Waals surface area contributed by atoms with Crippen LogP contribution in [0.2, 0.25) is 0 Å².